The van der Waals surface area contributed by atoms with Crippen LogP contribution in [0.2, 0.25) is 0 Å². The molecular weight excluding hydrogens is 564 g/mol. The lowest BCUT2D eigenvalue weighted by molar-refractivity contribution is -0.149. The summed E-state index contributed by atoms with van der Waals surface area (Å²) in [6.07, 6.45) is 1.77. The Labute approximate surface area is 262 Å². The van der Waals surface area contributed by atoms with E-state index in [2.05, 4.69) is 15.4 Å². The molecule has 0 radical (unpaired) electrons. The van der Waals surface area contributed by atoms with E-state index >= 15 is 0 Å². The number of ether oxygens (including phenoxy) is 4. The topological polar surface area (TPSA) is 129 Å². The van der Waals surface area contributed by atoms with Gasteiger partial charge in [0, 0.05) is 14.2 Å². The average molecular weight is 617 g/mol. The summed E-state index contributed by atoms with van der Waals surface area (Å²) in [7, 11) is 4.53. The molecule has 0 aliphatic carbocycles. The minimum absolute atomic E-state index is 0.253. The Morgan fingerprint density at radius 1 is 0.727 bits per heavy atom. The zero-order valence-corrected chi connectivity index (χ0v) is 28.3. The summed E-state index contributed by atoms with van der Waals surface area (Å²) in [6.45, 7) is 14.4. The van der Waals surface area contributed by atoms with E-state index in [9.17, 15) is 19.2 Å². The first-order valence-corrected chi connectivity index (χ1v) is 15.0. The maximum atomic E-state index is 13.6. The first-order chi connectivity index (χ1) is 20.5. The second-order valence-corrected chi connectivity index (χ2v) is 12.7. The van der Waals surface area contributed by atoms with Crippen LogP contribution in [0, 0.1) is 0 Å². The molecule has 0 bridgehead atoms. The van der Waals surface area contributed by atoms with Crippen LogP contribution >= 0.6 is 0 Å². The molecule has 0 spiro atoms. The van der Waals surface area contributed by atoms with Crippen LogP contribution in [-0.4, -0.2) is 57.0 Å². The molecular formula is C34H52N2O8. The smallest absolute Gasteiger partial charge is 0.408 e. The van der Waals surface area contributed by atoms with Gasteiger partial charge in [0.25, 0.3) is 0 Å². The molecule has 44 heavy (non-hydrogen) atoms. The molecule has 2 N–H and O–H groups in total. The van der Waals surface area contributed by atoms with Crippen molar-refractivity contribution in [3.05, 3.63) is 47.5 Å². The molecule has 0 saturated carbocycles. The Kier molecular flexibility index (Phi) is 14.3. The van der Waals surface area contributed by atoms with E-state index in [1.807, 2.05) is 26.0 Å². The number of hydrogen-bond donors (Lipinski definition) is 2. The molecule has 0 aromatic heterocycles. The van der Waals surface area contributed by atoms with Gasteiger partial charge in [0.2, 0.25) is 0 Å². The van der Waals surface area contributed by atoms with Crippen molar-refractivity contribution < 1.29 is 38.1 Å². The lowest BCUT2D eigenvalue weighted by Gasteiger charge is -2.35. The Bertz CT molecular complexity index is 1260. The van der Waals surface area contributed by atoms with Crippen LogP contribution in [0.3, 0.4) is 0 Å². The van der Waals surface area contributed by atoms with Gasteiger partial charge in [-0.3, -0.25) is 0 Å². The Morgan fingerprint density at radius 3 is 1.64 bits per heavy atom. The number of nitrogens with one attached hydrogen (secondary N) is 2. The number of fused-ring (bicyclic) bond motifs is 1. The number of hydrogen-bond acceptors (Lipinski definition) is 8. The molecule has 0 aliphatic rings. The number of carbonyl (C=O) groups is 4. The van der Waals surface area contributed by atoms with Gasteiger partial charge in [0.1, 0.15) is 23.0 Å². The summed E-state index contributed by atoms with van der Waals surface area (Å²) in [6, 6.07) is 10.7. The summed E-state index contributed by atoms with van der Waals surface area (Å²) < 4.78 is 20.6. The highest BCUT2D eigenvalue weighted by molar-refractivity contribution is 5.98. The summed E-state index contributed by atoms with van der Waals surface area (Å²) in [5.41, 5.74) is -3.48. The molecule has 246 valence electrons. The predicted molar refractivity (Wildman–Crippen MR) is 171 cm³/mol. The van der Waals surface area contributed by atoms with E-state index < -0.39 is 40.4 Å². The summed E-state index contributed by atoms with van der Waals surface area (Å²) in [5.74, 6) is -0.642. The second-order valence-electron chi connectivity index (χ2n) is 12.7. The Hall–Kier alpha value is -3.66. The Morgan fingerprint density at radius 2 is 1.20 bits per heavy atom. The average Bonchev–Trinajstić information content (AvgIpc) is 2.92. The largest absolute Gasteiger partial charge is 0.467 e. The molecule has 0 heterocycles. The number of alkyl carbamates (subject to hydrolysis) is 2. The van der Waals surface area contributed by atoms with E-state index in [0.717, 1.165) is 12.7 Å². The number of methoxy groups -OCH3 is 2. The van der Waals surface area contributed by atoms with Crippen LogP contribution in [0.15, 0.2) is 36.4 Å². The van der Waals surface area contributed by atoms with Crippen molar-refractivity contribution in [3.63, 3.8) is 0 Å². The highest BCUT2D eigenvalue weighted by Crippen LogP contribution is 2.39. The van der Waals surface area contributed by atoms with Crippen molar-refractivity contribution in [1.82, 2.24) is 10.6 Å². The zero-order valence-electron chi connectivity index (χ0n) is 28.3. The molecule has 2 atom stereocenters. The van der Waals surface area contributed by atoms with Crippen LogP contribution in [0.5, 0.6) is 0 Å². The second kappa shape index (κ2) is 16.4. The van der Waals surface area contributed by atoms with Gasteiger partial charge in [-0.15, -0.1) is 0 Å². The SMILES string of the molecule is CCCCC(NC(=O)OC(C)(C)C)(C(=O)OC)c1cccc2c(C(C=O)(CCC)NC(=O)OC(C)(C)C)cccc12.COC. The summed E-state index contributed by atoms with van der Waals surface area (Å²) in [4.78, 5) is 52.4. The van der Waals surface area contributed by atoms with Gasteiger partial charge in [-0.2, -0.15) is 0 Å². The van der Waals surface area contributed by atoms with Crippen LogP contribution in [0.25, 0.3) is 10.8 Å². The summed E-state index contributed by atoms with van der Waals surface area (Å²) in [5, 5.41) is 6.92. The number of amides is 2. The first-order valence-electron chi connectivity index (χ1n) is 15.0. The van der Waals surface area contributed by atoms with Gasteiger partial charge >= 0.3 is 18.2 Å². The molecule has 2 unspecified atom stereocenters. The van der Waals surface area contributed by atoms with Crippen molar-refractivity contribution >= 4 is 35.2 Å². The van der Waals surface area contributed by atoms with E-state index in [-0.39, 0.29) is 6.42 Å². The molecule has 2 rings (SSSR count). The van der Waals surface area contributed by atoms with Gasteiger partial charge in [-0.25, -0.2) is 14.4 Å². The van der Waals surface area contributed by atoms with Gasteiger partial charge < -0.3 is 34.4 Å². The van der Waals surface area contributed by atoms with Crippen molar-refractivity contribution in [2.45, 2.75) is 110 Å². The third-order valence-electron chi connectivity index (χ3n) is 6.59. The van der Waals surface area contributed by atoms with Crippen molar-refractivity contribution in [1.29, 1.82) is 0 Å². The fraction of sp³-hybridized carbons (Fsp3) is 0.588. The lowest BCUT2D eigenvalue weighted by atomic mass is 9.78. The number of rotatable bonds is 11. The normalized spacial score (nSPS) is 14.2. The quantitative estimate of drug-likeness (QED) is 0.158. The van der Waals surface area contributed by atoms with E-state index in [1.165, 1.54) is 7.11 Å². The first kappa shape index (κ1) is 38.4. The molecule has 2 aromatic rings. The highest BCUT2D eigenvalue weighted by Gasteiger charge is 2.45. The van der Waals surface area contributed by atoms with Gasteiger partial charge in [-0.05, 0) is 76.3 Å². The number of aldehydes is 1. The van der Waals surface area contributed by atoms with Gasteiger partial charge in [-0.1, -0.05) is 69.5 Å². The fourth-order valence-corrected chi connectivity index (χ4v) is 4.99. The highest BCUT2D eigenvalue weighted by atomic mass is 16.6. The Balaban J connectivity index is 0.00000309. The van der Waals surface area contributed by atoms with Crippen molar-refractivity contribution in [3.8, 4) is 0 Å². The number of unbranched alkanes of at least 4 members (excludes halogenated alkanes) is 1. The van der Waals surface area contributed by atoms with E-state index in [1.54, 1.807) is 80.0 Å². The van der Waals surface area contributed by atoms with Crippen LogP contribution in [-0.2, 0) is 39.6 Å². The molecule has 0 fully saturated rings. The number of carbonyl (C=O) groups excluding carboxylic acids is 4. The molecule has 10 nitrogen and oxygen atoms in total. The molecule has 0 aliphatic heterocycles. The fourth-order valence-electron chi connectivity index (χ4n) is 4.99. The van der Waals surface area contributed by atoms with E-state index in [0.29, 0.717) is 41.2 Å². The van der Waals surface area contributed by atoms with E-state index in [4.69, 9.17) is 14.2 Å². The molecule has 2 aromatic carbocycles. The van der Waals surface area contributed by atoms with Crippen molar-refractivity contribution in [2.75, 3.05) is 21.3 Å². The maximum Gasteiger partial charge on any atom is 0.408 e. The van der Waals surface area contributed by atoms with Crippen LogP contribution in [0.1, 0.15) is 98.6 Å². The molecule has 2 amide bonds. The summed E-state index contributed by atoms with van der Waals surface area (Å²) >= 11 is 0. The monoisotopic (exact) mass is 616 g/mol. The third-order valence-corrected chi connectivity index (χ3v) is 6.59. The minimum Gasteiger partial charge on any atom is -0.467 e. The van der Waals surface area contributed by atoms with Crippen LogP contribution in [0.4, 0.5) is 9.59 Å². The third kappa shape index (κ3) is 10.2. The molecule has 0 saturated heterocycles. The van der Waals surface area contributed by atoms with Gasteiger partial charge in [0.05, 0.1) is 7.11 Å². The lowest BCUT2D eigenvalue weighted by Crippen LogP contribution is -2.53. The standard InChI is InChI=1S/C32H46N2O7.C2H6O/c1-10-12-20-32(26(36)39-9,34-28(38)41-30(6,7)8)25-18-14-15-22-23(25)16-13-17-24(22)31(21-35,19-11-2)33-27(37)40-29(3,4)5;1-3-2/h13-18,21H,10-12,19-20H2,1-9H3,(H,33,37)(H,34,38);1-2H3. The minimum atomic E-state index is -1.57. The number of benzene rings is 2. The van der Waals surface area contributed by atoms with Crippen molar-refractivity contribution in [2.24, 2.45) is 0 Å². The maximum absolute atomic E-state index is 13.6. The zero-order chi connectivity index (χ0) is 33.8. The van der Waals surface area contributed by atoms with Crippen LogP contribution < -0.4 is 10.6 Å². The van der Waals surface area contributed by atoms with Gasteiger partial charge in [0.15, 0.2) is 5.54 Å². The predicted octanol–water partition coefficient (Wildman–Crippen LogP) is 6.90. The number of esters is 1. The molecule has 10 heteroatoms.